The second-order valence-electron chi connectivity index (χ2n) is 21.0. The number of carbonyl (C=O) groups is 9. The van der Waals surface area contributed by atoms with Crippen LogP contribution in [0.3, 0.4) is 0 Å². The molecule has 5 aromatic carbocycles. The van der Waals surface area contributed by atoms with Gasteiger partial charge in [0.25, 0.3) is 0 Å². The van der Waals surface area contributed by atoms with Crippen molar-refractivity contribution in [3.63, 3.8) is 0 Å². The Hall–Kier alpha value is -8.25. The van der Waals surface area contributed by atoms with Crippen LogP contribution in [0.25, 0.3) is 0 Å². The van der Waals surface area contributed by atoms with Gasteiger partial charge in [-0.15, -0.1) is 0 Å². The lowest BCUT2D eigenvalue weighted by atomic mass is 10.00. The van der Waals surface area contributed by atoms with E-state index in [1.807, 2.05) is 0 Å². The standard InChI is InChI=1S/C60H72ClN11O14S3/c1-34(73)51-60(84)70-50(58(82)66-45(53(63)77)28-37-15-23-41(74)24-16-37)33-88-87-32-49(69-57(81)48(31-36-13-21-40(61)22-14-36)72-89(85,86)43-8-4-3-5-9-43)59(83)68-47(30-38-17-25-42(75)26-18-38)56(80)67-46(29-35-11-19-39(20-12-35)52(62)76)55(79)65-44(54(78)71-51)10-6-7-27-64-2/h3-5,8-9,11-26,34,44-51,64,72-75H,6-7,10,27-33H2,1-2H3,(H2,62,76)(H2,63,77)(H,65,79)(H,66,82)(H,67,80)(H,68,83)(H,69,81)(H,70,84)(H,71,78)/t34-,44+,45-,46-,47+,48+,49-,50+,51+/m1/s1. The molecule has 0 spiro atoms. The van der Waals surface area contributed by atoms with Gasteiger partial charge in [-0.2, -0.15) is 4.72 Å². The fourth-order valence-corrected chi connectivity index (χ4v) is 12.8. The van der Waals surface area contributed by atoms with Crippen molar-refractivity contribution < 1.29 is 66.9 Å². The number of primary amides is 2. The molecule has 0 radical (unpaired) electrons. The summed E-state index contributed by atoms with van der Waals surface area (Å²) in [5, 5.41) is 52.9. The number of unbranched alkanes of at least 4 members (excludes halogenated alkanes) is 1. The third-order valence-electron chi connectivity index (χ3n) is 14.1. The lowest BCUT2D eigenvalue weighted by Crippen LogP contribution is -2.62. The van der Waals surface area contributed by atoms with Crippen LogP contribution in [0.4, 0.5) is 0 Å². The molecular formula is C60H72ClN11O14S3. The number of aliphatic hydroxyl groups is 1. The fourth-order valence-electron chi connectivity index (χ4n) is 9.12. The SMILES string of the molecule is CNCCCC[C@@H]1NC(=O)[C@@H](Cc2ccc(C(N)=O)cc2)NC(=O)[C@H](Cc2ccc(O)cc2)NC(=O)[C@H](NC(=O)[C@H](Cc2ccc(Cl)cc2)NS(=O)(=O)c2ccccc2)CSSC[C@@H](C(=O)N[C@H](Cc2ccc(O)cc2)C(N)=O)NC(=O)[C@H]([C@@H](C)O)NC1=O. The Balaban J connectivity index is 1.45. The highest BCUT2D eigenvalue weighted by Crippen LogP contribution is 2.25. The molecule has 0 aliphatic carbocycles. The van der Waals surface area contributed by atoms with E-state index in [9.17, 15) is 62.1 Å². The maximum Gasteiger partial charge on any atom is 0.248 e. The summed E-state index contributed by atoms with van der Waals surface area (Å²) < 4.78 is 30.3. The Bertz CT molecular complexity index is 3370. The first kappa shape index (κ1) is 69.8. The Labute approximate surface area is 527 Å². The molecule has 9 atom stereocenters. The molecular weight excluding hydrogens is 1230 g/mol. The van der Waals surface area contributed by atoms with Crippen LogP contribution in [-0.4, -0.2) is 156 Å². The summed E-state index contributed by atoms with van der Waals surface area (Å²) in [6.45, 7) is 1.70. The predicted molar refractivity (Wildman–Crippen MR) is 335 cm³/mol. The van der Waals surface area contributed by atoms with Crippen molar-refractivity contribution in [3.8, 4) is 11.5 Å². The summed E-state index contributed by atoms with van der Waals surface area (Å²) in [6.07, 6.45) is -1.91. The molecule has 0 aromatic heterocycles. The van der Waals surface area contributed by atoms with Gasteiger partial charge in [-0.3, -0.25) is 43.2 Å². The monoisotopic (exact) mass is 1300 g/mol. The van der Waals surface area contributed by atoms with Gasteiger partial charge in [0.1, 0.15) is 59.8 Å². The summed E-state index contributed by atoms with van der Waals surface area (Å²) in [5.41, 5.74) is 13.1. The lowest BCUT2D eigenvalue weighted by Gasteiger charge is -2.29. The minimum absolute atomic E-state index is 0.0449. The van der Waals surface area contributed by atoms with Gasteiger partial charge in [-0.05, 0) is 129 Å². The molecule has 1 heterocycles. The highest BCUT2D eigenvalue weighted by molar-refractivity contribution is 8.76. The normalized spacial score (nSPS) is 20.2. The van der Waals surface area contributed by atoms with E-state index in [4.69, 9.17) is 23.1 Å². The summed E-state index contributed by atoms with van der Waals surface area (Å²) in [5.74, 6) is -9.67. The van der Waals surface area contributed by atoms with Crippen LogP contribution in [0.15, 0.2) is 132 Å². The van der Waals surface area contributed by atoms with Crippen molar-refractivity contribution in [1.29, 1.82) is 0 Å². The van der Waals surface area contributed by atoms with E-state index in [1.165, 1.54) is 116 Å². The van der Waals surface area contributed by atoms with Crippen LogP contribution in [0.5, 0.6) is 11.5 Å². The highest BCUT2D eigenvalue weighted by atomic mass is 35.5. The minimum Gasteiger partial charge on any atom is -0.508 e. The van der Waals surface area contributed by atoms with Gasteiger partial charge < -0.3 is 69.3 Å². The molecule has 9 amide bonds. The first-order valence-corrected chi connectivity index (χ1v) is 32.5. The van der Waals surface area contributed by atoms with Crippen LogP contribution in [-0.2, 0) is 74.1 Å². The number of nitrogens with two attached hydrogens (primary N) is 2. The molecule has 476 valence electrons. The van der Waals surface area contributed by atoms with Gasteiger partial charge in [-0.25, -0.2) is 8.42 Å². The number of halogens is 1. The first-order valence-electron chi connectivity index (χ1n) is 28.1. The Kier molecular flexibility index (Phi) is 26.6. The number of nitrogens with one attached hydrogen (secondary N) is 9. The van der Waals surface area contributed by atoms with E-state index in [2.05, 4.69) is 47.3 Å². The quantitative estimate of drug-likeness (QED) is 0.0313. The number of hydrogen-bond donors (Lipinski definition) is 14. The van der Waals surface area contributed by atoms with Gasteiger partial charge in [-0.1, -0.05) is 99.9 Å². The number of aliphatic hydroxyl groups excluding tert-OH is 1. The number of rotatable bonds is 23. The summed E-state index contributed by atoms with van der Waals surface area (Å²) in [7, 11) is -0.970. The van der Waals surface area contributed by atoms with Crippen LogP contribution >= 0.6 is 33.2 Å². The van der Waals surface area contributed by atoms with E-state index in [0.29, 0.717) is 46.7 Å². The lowest BCUT2D eigenvalue weighted by molar-refractivity contribution is -0.136. The maximum atomic E-state index is 15.1. The maximum absolute atomic E-state index is 15.1. The third-order valence-corrected chi connectivity index (χ3v) is 18.2. The van der Waals surface area contributed by atoms with E-state index < -0.39 is 123 Å². The van der Waals surface area contributed by atoms with Crippen molar-refractivity contribution >= 4 is 96.4 Å². The molecule has 89 heavy (non-hydrogen) atoms. The van der Waals surface area contributed by atoms with Crippen molar-refractivity contribution in [2.45, 2.75) is 111 Å². The number of phenolic OH excluding ortho intramolecular Hbond substituents is 2. The molecule has 6 rings (SSSR count). The second kappa shape index (κ2) is 33.9. The zero-order valence-electron chi connectivity index (χ0n) is 48.5. The Morgan fingerprint density at radius 1 is 0.629 bits per heavy atom. The van der Waals surface area contributed by atoms with Crippen molar-refractivity contribution in [2.75, 3.05) is 25.1 Å². The fraction of sp³-hybridized carbons (Fsp3) is 0.350. The van der Waals surface area contributed by atoms with E-state index in [1.54, 1.807) is 25.2 Å². The zero-order valence-corrected chi connectivity index (χ0v) is 51.7. The van der Waals surface area contributed by atoms with Crippen molar-refractivity contribution in [1.82, 2.24) is 47.3 Å². The molecule has 29 heteroatoms. The van der Waals surface area contributed by atoms with Crippen LogP contribution in [0.2, 0.25) is 5.02 Å². The van der Waals surface area contributed by atoms with Gasteiger partial charge in [0.2, 0.25) is 63.2 Å². The molecule has 1 saturated heterocycles. The summed E-state index contributed by atoms with van der Waals surface area (Å²) in [6, 6.07) is 17.8. The van der Waals surface area contributed by atoms with E-state index in [-0.39, 0.29) is 59.8 Å². The van der Waals surface area contributed by atoms with Crippen molar-refractivity contribution in [3.05, 3.63) is 160 Å². The molecule has 16 N–H and O–H groups in total. The first-order chi connectivity index (χ1) is 42.4. The largest absolute Gasteiger partial charge is 0.508 e. The Morgan fingerprint density at radius 3 is 1.69 bits per heavy atom. The summed E-state index contributed by atoms with van der Waals surface area (Å²) in [4.78, 5) is 128. The third kappa shape index (κ3) is 22.1. The van der Waals surface area contributed by atoms with Gasteiger partial charge in [0.15, 0.2) is 0 Å². The number of benzene rings is 5. The molecule has 5 aromatic rings. The minimum atomic E-state index is -4.44. The number of sulfonamides is 1. The molecule has 25 nitrogen and oxygen atoms in total. The van der Waals surface area contributed by atoms with Gasteiger partial charge in [0, 0.05) is 41.4 Å². The number of aromatic hydroxyl groups is 2. The van der Waals surface area contributed by atoms with Gasteiger partial charge >= 0.3 is 0 Å². The average molecular weight is 1300 g/mol. The average Bonchev–Trinajstić information content (AvgIpc) is 3.52. The molecule has 0 unspecified atom stereocenters. The molecule has 1 aliphatic rings. The highest BCUT2D eigenvalue weighted by Gasteiger charge is 2.37. The Morgan fingerprint density at radius 2 is 1.13 bits per heavy atom. The molecule has 0 bridgehead atoms. The van der Waals surface area contributed by atoms with E-state index >= 15 is 4.79 Å². The molecule has 0 saturated carbocycles. The smallest absolute Gasteiger partial charge is 0.248 e. The number of hydrogen-bond acceptors (Lipinski definition) is 17. The number of phenols is 2. The predicted octanol–water partition coefficient (Wildman–Crippen LogP) is 0.512. The van der Waals surface area contributed by atoms with Crippen LogP contribution in [0.1, 0.15) is 58.8 Å². The summed E-state index contributed by atoms with van der Waals surface area (Å²) >= 11 is 6.18. The zero-order chi connectivity index (χ0) is 64.8. The van der Waals surface area contributed by atoms with Gasteiger partial charge in [0.05, 0.1) is 11.0 Å². The second-order valence-corrected chi connectivity index (χ2v) is 25.7. The number of amides is 9. The topological polar surface area (TPSA) is 409 Å². The van der Waals surface area contributed by atoms with Crippen LogP contribution < -0.4 is 58.7 Å². The molecule has 1 aliphatic heterocycles. The van der Waals surface area contributed by atoms with E-state index in [0.717, 1.165) is 21.6 Å². The van der Waals surface area contributed by atoms with Crippen molar-refractivity contribution in [2.24, 2.45) is 11.5 Å². The molecule has 1 fully saturated rings. The number of carbonyl (C=O) groups excluding carboxylic acids is 9. The van der Waals surface area contributed by atoms with Crippen LogP contribution in [0, 0.1) is 0 Å².